The standard InChI is InChI=1S/C17H17N3O3S2/c1-12-4-5-13(10-15(12)20-8-2-3-9-20)17(21)19-11-14-6-7-16(24-14)25(18,22)23/h2-10H,11H2,1H3,(H,19,21)(H2,18,22,23). The number of thiophene rings is 1. The van der Waals surface area contributed by atoms with Crippen molar-refractivity contribution < 1.29 is 13.2 Å². The summed E-state index contributed by atoms with van der Waals surface area (Å²) in [4.78, 5) is 13.1. The minimum absolute atomic E-state index is 0.0852. The van der Waals surface area contributed by atoms with Gasteiger partial charge in [0.2, 0.25) is 10.0 Å². The van der Waals surface area contributed by atoms with E-state index >= 15 is 0 Å². The van der Waals surface area contributed by atoms with Crippen LogP contribution in [0, 0.1) is 6.92 Å². The molecule has 2 heterocycles. The third-order valence-electron chi connectivity index (χ3n) is 3.69. The first-order valence-electron chi connectivity index (χ1n) is 7.48. The third kappa shape index (κ3) is 3.98. The van der Waals surface area contributed by atoms with Crippen molar-refractivity contribution in [3.8, 4) is 5.69 Å². The van der Waals surface area contributed by atoms with Gasteiger partial charge in [-0.05, 0) is 48.9 Å². The molecule has 2 aromatic heterocycles. The lowest BCUT2D eigenvalue weighted by atomic mass is 10.1. The predicted octanol–water partition coefficient (Wildman–Crippen LogP) is 2.42. The Morgan fingerprint density at radius 2 is 1.92 bits per heavy atom. The number of hydrogen-bond acceptors (Lipinski definition) is 4. The van der Waals surface area contributed by atoms with Crippen molar-refractivity contribution >= 4 is 27.3 Å². The van der Waals surface area contributed by atoms with Crippen LogP contribution in [0.5, 0.6) is 0 Å². The van der Waals surface area contributed by atoms with Gasteiger partial charge in [-0.2, -0.15) is 0 Å². The van der Waals surface area contributed by atoms with E-state index in [9.17, 15) is 13.2 Å². The Hall–Kier alpha value is -2.42. The van der Waals surface area contributed by atoms with E-state index in [0.717, 1.165) is 27.5 Å². The Morgan fingerprint density at radius 1 is 1.20 bits per heavy atom. The normalized spacial score (nSPS) is 11.4. The zero-order chi connectivity index (χ0) is 18.0. The molecule has 3 rings (SSSR count). The summed E-state index contributed by atoms with van der Waals surface area (Å²) in [6.07, 6.45) is 3.84. The molecule has 0 saturated heterocycles. The summed E-state index contributed by atoms with van der Waals surface area (Å²) >= 11 is 1.05. The minimum Gasteiger partial charge on any atom is -0.347 e. The van der Waals surface area contributed by atoms with E-state index in [1.165, 1.54) is 6.07 Å². The van der Waals surface area contributed by atoms with Crippen molar-refractivity contribution in [1.82, 2.24) is 9.88 Å². The highest BCUT2D eigenvalue weighted by atomic mass is 32.2. The Labute approximate surface area is 150 Å². The molecule has 3 N–H and O–H groups in total. The topological polar surface area (TPSA) is 94.2 Å². The fraction of sp³-hybridized carbons (Fsp3) is 0.118. The summed E-state index contributed by atoms with van der Waals surface area (Å²) in [7, 11) is -3.71. The van der Waals surface area contributed by atoms with E-state index in [1.807, 2.05) is 48.1 Å². The monoisotopic (exact) mass is 375 g/mol. The maximum Gasteiger partial charge on any atom is 0.251 e. The van der Waals surface area contributed by atoms with Crippen LogP contribution in [0.15, 0.2) is 59.1 Å². The molecule has 0 atom stereocenters. The summed E-state index contributed by atoms with van der Waals surface area (Å²) in [5.41, 5.74) is 2.53. The molecular weight excluding hydrogens is 358 g/mol. The van der Waals surface area contributed by atoms with Gasteiger partial charge in [0.15, 0.2) is 0 Å². The number of benzene rings is 1. The van der Waals surface area contributed by atoms with Crippen molar-refractivity contribution in [3.05, 3.63) is 70.9 Å². The molecule has 0 fully saturated rings. The van der Waals surface area contributed by atoms with Crippen LogP contribution in [0.25, 0.3) is 5.69 Å². The molecule has 0 saturated carbocycles. The largest absolute Gasteiger partial charge is 0.347 e. The number of carbonyl (C=O) groups is 1. The zero-order valence-corrected chi connectivity index (χ0v) is 15.1. The Kier molecular flexibility index (Phi) is 4.76. The van der Waals surface area contributed by atoms with Crippen LogP contribution in [0.1, 0.15) is 20.8 Å². The average molecular weight is 375 g/mol. The molecule has 25 heavy (non-hydrogen) atoms. The summed E-state index contributed by atoms with van der Waals surface area (Å²) in [5.74, 6) is -0.223. The number of amides is 1. The van der Waals surface area contributed by atoms with Crippen molar-refractivity contribution in [2.24, 2.45) is 5.14 Å². The van der Waals surface area contributed by atoms with Gasteiger partial charge in [0.05, 0.1) is 6.54 Å². The van der Waals surface area contributed by atoms with Crippen molar-refractivity contribution in [2.45, 2.75) is 17.7 Å². The maximum atomic E-state index is 12.4. The van der Waals surface area contributed by atoms with Gasteiger partial charge in [0.25, 0.3) is 5.91 Å². The quantitative estimate of drug-likeness (QED) is 0.717. The van der Waals surface area contributed by atoms with Crippen LogP contribution in [0.2, 0.25) is 0 Å². The molecule has 130 valence electrons. The number of carbonyl (C=O) groups excluding carboxylic acids is 1. The lowest BCUT2D eigenvalue weighted by Crippen LogP contribution is -2.22. The molecule has 3 aromatic rings. The predicted molar refractivity (Wildman–Crippen MR) is 97.4 cm³/mol. The van der Waals surface area contributed by atoms with E-state index in [4.69, 9.17) is 5.14 Å². The van der Waals surface area contributed by atoms with Gasteiger partial charge in [-0.15, -0.1) is 11.3 Å². The highest BCUT2D eigenvalue weighted by molar-refractivity contribution is 7.91. The average Bonchev–Trinajstić information content (AvgIpc) is 3.24. The molecule has 0 bridgehead atoms. The number of primary sulfonamides is 1. The molecule has 0 aliphatic rings. The smallest absolute Gasteiger partial charge is 0.251 e. The van der Waals surface area contributed by atoms with Crippen molar-refractivity contribution in [2.75, 3.05) is 0 Å². The molecule has 0 spiro atoms. The van der Waals surface area contributed by atoms with Crippen LogP contribution in [-0.4, -0.2) is 18.9 Å². The van der Waals surface area contributed by atoms with Gasteiger partial charge in [0.1, 0.15) is 4.21 Å². The maximum absolute atomic E-state index is 12.4. The van der Waals surface area contributed by atoms with Gasteiger partial charge in [-0.25, -0.2) is 13.6 Å². The molecule has 0 aliphatic heterocycles. The van der Waals surface area contributed by atoms with Crippen LogP contribution in [-0.2, 0) is 16.6 Å². The lowest BCUT2D eigenvalue weighted by molar-refractivity contribution is 0.0951. The number of nitrogens with two attached hydrogens (primary N) is 1. The second-order valence-corrected chi connectivity index (χ2v) is 8.50. The summed E-state index contributed by atoms with van der Waals surface area (Å²) in [5, 5.41) is 7.89. The number of aryl methyl sites for hydroxylation is 1. The van der Waals surface area contributed by atoms with E-state index in [-0.39, 0.29) is 16.7 Å². The van der Waals surface area contributed by atoms with Gasteiger partial charge in [-0.1, -0.05) is 6.07 Å². The number of nitrogens with one attached hydrogen (secondary N) is 1. The van der Waals surface area contributed by atoms with Crippen LogP contribution >= 0.6 is 11.3 Å². The van der Waals surface area contributed by atoms with Gasteiger partial charge in [-0.3, -0.25) is 4.79 Å². The third-order valence-corrected chi connectivity index (χ3v) is 6.22. The fourth-order valence-electron chi connectivity index (χ4n) is 2.40. The summed E-state index contributed by atoms with van der Waals surface area (Å²) < 4.78 is 24.6. The number of nitrogens with zero attached hydrogens (tertiary/aromatic N) is 1. The zero-order valence-electron chi connectivity index (χ0n) is 13.5. The molecule has 0 radical (unpaired) electrons. The highest BCUT2D eigenvalue weighted by Crippen LogP contribution is 2.20. The fourth-order valence-corrected chi connectivity index (χ4v) is 4.12. The first-order valence-corrected chi connectivity index (χ1v) is 9.84. The van der Waals surface area contributed by atoms with Crippen molar-refractivity contribution in [1.29, 1.82) is 0 Å². The van der Waals surface area contributed by atoms with Gasteiger partial charge >= 0.3 is 0 Å². The minimum atomic E-state index is -3.71. The number of rotatable bonds is 5. The Bertz CT molecular complexity index is 1010. The second kappa shape index (κ2) is 6.83. The Morgan fingerprint density at radius 3 is 2.56 bits per heavy atom. The second-order valence-electron chi connectivity index (χ2n) is 5.54. The summed E-state index contributed by atoms with van der Waals surface area (Å²) in [6, 6.07) is 12.4. The van der Waals surface area contributed by atoms with Gasteiger partial charge < -0.3 is 9.88 Å². The highest BCUT2D eigenvalue weighted by Gasteiger charge is 2.13. The number of sulfonamides is 1. The Balaban J connectivity index is 1.74. The van der Waals surface area contributed by atoms with E-state index in [2.05, 4.69) is 5.32 Å². The molecule has 0 aliphatic carbocycles. The summed E-state index contributed by atoms with van der Waals surface area (Å²) in [6.45, 7) is 2.23. The van der Waals surface area contributed by atoms with E-state index < -0.39 is 10.0 Å². The molecule has 1 aromatic carbocycles. The molecule has 6 nitrogen and oxygen atoms in total. The SMILES string of the molecule is Cc1ccc(C(=O)NCc2ccc(S(N)(=O)=O)s2)cc1-n1cccc1. The van der Waals surface area contributed by atoms with Crippen LogP contribution in [0.4, 0.5) is 0 Å². The number of aromatic nitrogens is 1. The lowest BCUT2D eigenvalue weighted by Gasteiger charge is -2.10. The first-order chi connectivity index (χ1) is 11.8. The first kappa shape index (κ1) is 17.4. The molecular formula is C17H17N3O3S2. The molecule has 8 heteroatoms. The number of hydrogen-bond donors (Lipinski definition) is 2. The van der Waals surface area contributed by atoms with Gasteiger partial charge in [0, 0.05) is 28.5 Å². The van der Waals surface area contributed by atoms with E-state index in [1.54, 1.807) is 12.1 Å². The molecule has 0 unspecified atom stereocenters. The molecule has 1 amide bonds. The van der Waals surface area contributed by atoms with E-state index in [0.29, 0.717) is 5.56 Å². The van der Waals surface area contributed by atoms with Crippen molar-refractivity contribution in [3.63, 3.8) is 0 Å². The van der Waals surface area contributed by atoms with Crippen LogP contribution in [0.3, 0.4) is 0 Å². The van der Waals surface area contributed by atoms with Crippen LogP contribution < -0.4 is 10.5 Å².